The molecule has 1 saturated heterocycles. The Labute approximate surface area is 165 Å². The van der Waals surface area contributed by atoms with Gasteiger partial charge in [-0.05, 0) is 54.8 Å². The summed E-state index contributed by atoms with van der Waals surface area (Å²) in [4.78, 5) is 15.2. The smallest absolute Gasteiger partial charge is 0.254 e. The van der Waals surface area contributed by atoms with Crippen LogP contribution in [0, 0.1) is 0 Å². The van der Waals surface area contributed by atoms with Crippen LogP contribution in [0.25, 0.3) is 0 Å². The van der Waals surface area contributed by atoms with Gasteiger partial charge in [0, 0.05) is 12.1 Å². The Bertz CT molecular complexity index is 984. The van der Waals surface area contributed by atoms with Gasteiger partial charge in [0.25, 0.3) is 5.91 Å². The van der Waals surface area contributed by atoms with Crippen LogP contribution in [0.3, 0.4) is 0 Å². The lowest BCUT2D eigenvalue weighted by molar-refractivity contribution is 0.0735. The maximum Gasteiger partial charge on any atom is 0.254 e. The predicted molar refractivity (Wildman–Crippen MR) is 105 cm³/mol. The van der Waals surface area contributed by atoms with Crippen LogP contribution in [0.4, 0.5) is 0 Å². The van der Waals surface area contributed by atoms with Crippen molar-refractivity contribution in [3.05, 3.63) is 53.6 Å². The zero-order valence-corrected chi connectivity index (χ0v) is 16.6. The largest absolute Gasteiger partial charge is 0.486 e. The monoisotopic (exact) mass is 401 g/mol. The van der Waals surface area contributed by atoms with Crippen molar-refractivity contribution in [2.24, 2.45) is 0 Å². The van der Waals surface area contributed by atoms with E-state index in [0.717, 1.165) is 29.9 Å². The zero-order valence-electron chi connectivity index (χ0n) is 15.8. The van der Waals surface area contributed by atoms with Crippen LogP contribution in [-0.2, 0) is 9.84 Å². The summed E-state index contributed by atoms with van der Waals surface area (Å²) in [6, 6.07) is 12.1. The van der Waals surface area contributed by atoms with Gasteiger partial charge in [-0.25, -0.2) is 8.42 Å². The molecule has 148 valence electrons. The molecule has 2 aliphatic rings. The number of carbonyl (C=O) groups is 1. The van der Waals surface area contributed by atoms with E-state index in [2.05, 4.69) is 0 Å². The highest BCUT2D eigenvalue weighted by atomic mass is 32.2. The van der Waals surface area contributed by atoms with Crippen molar-refractivity contribution in [3.63, 3.8) is 0 Å². The van der Waals surface area contributed by atoms with Crippen LogP contribution in [0.2, 0.25) is 0 Å². The Balaban J connectivity index is 1.57. The molecular weight excluding hydrogens is 378 g/mol. The molecule has 1 unspecified atom stereocenters. The molecule has 0 spiro atoms. The number of benzene rings is 2. The second-order valence-corrected chi connectivity index (χ2v) is 9.27. The van der Waals surface area contributed by atoms with Gasteiger partial charge in [0.2, 0.25) is 0 Å². The predicted octanol–water partition coefficient (Wildman–Crippen LogP) is 3.23. The highest BCUT2D eigenvalue weighted by Crippen LogP contribution is 2.38. The second kappa shape index (κ2) is 7.47. The maximum absolute atomic E-state index is 13.1. The Morgan fingerprint density at radius 1 is 1.07 bits per heavy atom. The van der Waals surface area contributed by atoms with Crippen molar-refractivity contribution in [1.29, 1.82) is 0 Å². The molecule has 1 fully saturated rings. The summed E-state index contributed by atoms with van der Waals surface area (Å²) in [5.74, 6) is 1.41. The fraction of sp³-hybridized carbons (Fsp3) is 0.381. The normalized spacial score (nSPS) is 18.9. The molecule has 6 nitrogen and oxygen atoms in total. The number of fused-ring (bicyclic) bond motifs is 1. The van der Waals surface area contributed by atoms with E-state index in [1.54, 1.807) is 19.1 Å². The molecule has 1 atom stereocenters. The molecule has 28 heavy (non-hydrogen) atoms. The van der Waals surface area contributed by atoms with E-state index >= 15 is 0 Å². The van der Waals surface area contributed by atoms with Crippen molar-refractivity contribution >= 4 is 15.7 Å². The fourth-order valence-electron chi connectivity index (χ4n) is 3.76. The fourth-order valence-corrected chi connectivity index (χ4v) is 4.64. The number of nitrogens with zero attached hydrogens (tertiary/aromatic N) is 1. The zero-order chi connectivity index (χ0) is 19.7. The summed E-state index contributed by atoms with van der Waals surface area (Å²) < 4.78 is 35.2. The number of rotatable bonds is 4. The third-order valence-electron chi connectivity index (χ3n) is 5.31. The van der Waals surface area contributed by atoms with Crippen LogP contribution >= 0.6 is 0 Å². The number of hydrogen-bond acceptors (Lipinski definition) is 5. The summed E-state index contributed by atoms with van der Waals surface area (Å²) >= 11 is 0. The number of likely N-dealkylation sites (tertiary alicyclic amines) is 1. The van der Waals surface area contributed by atoms with Crippen molar-refractivity contribution in [1.82, 2.24) is 4.90 Å². The van der Waals surface area contributed by atoms with E-state index in [-0.39, 0.29) is 22.6 Å². The molecule has 2 aromatic carbocycles. The summed E-state index contributed by atoms with van der Waals surface area (Å²) in [5, 5.41) is 0. The molecule has 0 saturated carbocycles. The number of sulfone groups is 1. The van der Waals surface area contributed by atoms with E-state index in [9.17, 15) is 13.2 Å². The van der Waals surface area contributed by atoms with Gasteiger partial charge < -0.3 is 14.4 Å². The van der Waals surface area contributed by atoms with Gasteiger partial charge in [0.15, 0.2) is 21.3 Å². The van der Waals surface area contributed by atoms with Gasteiger partial charge in [0.05, 0.1) is 16.7 Å². The van der Waals surface area contributed by atoms with Gasteiger partial charge in [-0.15, -0.1) is 0 Å². The third-order valence-corrected chi connectivity index (χ3v) is 7.06. The summed E-state index contributed by atoms with van der Waals surface area (Å²) in [6.45, 7) is 3.35. The first-order chi connectivity index (χ1) is 13.5. The van der Waals surface area contributed by atoms with E-state index in [1.165, 1.54) is 12.1 Å². The molecule has 7 heteroatoms. The maximum atomic E-state index is 13.1. The van der Waals surface area contributed by atoms with Gasteiger partial charge in [-0.2, -0.15) is 0 Å². The molecule has 4 rings (SSSR count). The molecule has 0 N–H and O–H groups in total. The summed E-state index contributed by atoms with van der Waals surface area (Å²) in [5.41, 5.74) is 1.53. The Morgan fingerprint density at radius 3 is 2.50 bits per heavy atom. The van der Waals surface area contributed by atoms with Crippen molar-refractivity contribution < 1.29 is 22.7 Å². The first kappa shape index (κ1) is 18.8. The minimum absolute atomic E-state index is 0.0256. The number of hydrogen-bond donors (Lipinski definition) is 0. The summed E-state index contributed by atoms with van der Waals surface area (Å²) in [7, 11) is -3.27. The van der Waals surface area contributed by atoms with Gasteiger partial charge in [-0.3, -0.25) is 4.79 Å². The molecule has 2 aromatic rings. The number of carbonyl (C=O) groups excluding carboxylic acids is 1. The minimum Gasteiger partial charge on any atom is -0.486 e. The van der Waals surface area contributed by atoms with Crippen LogP contribution in [0.1, 0.15) is 41.7 Å². The molecule has 2 heterocycles. The molecule has 2 aliphatic heterocycles. The van der Waals surface area contributed by atoms with Crippen molar-refractivity contribution in [2.75, 3.05) is 25.5 Å². The number of ether oxygens (including phenoxy) is 2. The first-order valence-electron chi connectivity index (χ1n) is 9.53. The van der Waals surface area contributed by atoms with Crippen LogP contribution < -0.4 is 9.47 Å². The highest BCUT2D eigenvalue weighted by molar-refractivity contribution is 7.91. The van der Waals surface area contributed by atoms with E-state index < -0.39 is 9.84 Å². The van der Waals surface area contributed by atoms with Crippen molar-refractivity contribution in [3.8, 4) is 11.5 Å². The van der Waals surface area contributed by atoms with Crippen LogP contribution in [0.5, 0.6) is 11.5 Å². The van der Waals surface area contributed by atoms with E-state index in [4.69, 9.17) is 9.47 Å². The highest BCUT2D eigenvalue weighted by Gasteiger charge is 2.31. The first-order valence-corrected chi connectivity index (χ1v) is 11.2. The second-order valence-electron chi connectivity index (χ2n) is 6.99. The third kappa shape index (κ3) is 3.46. The topological polar surface area (TPSA) is 72.9 Å². The van der Waals surface area contributed by atoms with Gasteiger partial charge in [-0.1, -0.05) is 13.0 Å². The van der Waals surface area contributed by atoms with Gasteiger partial charge in [0.1, 0.15) is 13.2 Å². The Kier molecular flexibility index (Phi) is 5.02. The number of amides is 1. The summed E-state index contributed by atoms with van der Waals surface area (Å²) in [6.07, 6.45) is 1.81. The van der Waals surface area contributed by atoms with Gasteiger partial charge >= 0.3 is 0 Å². The van der Waals surface area contributed by atoms with E-state index in [0.29, 0.717) is 25.3 Å². The van der Waals surface area contributed by atoms with E-state index in [1.807, 2.05) is 23.1 Å². The molecule has 0 radical (unpaired) electrons. The lowest BCUT2D eigenvalue weighted by Gasteiger charge is -2.27. The molecular formula is C21H23NO5S. The SMILES string of the molecule is CCS(=O)(=O)c1ccc(C(=O)N2CCCC2c2ccc3c(c2)OCCO3)cc1. The molecule has 1 amide bonds. The molecule has 0 aliphatic carbocycles. The molecule has 0 aromatic heterocycles. The van der Waals surface area contributed by atoms with Crippen LogP contribution in [-0.4, -0.2) is 44.7 Å². The average Bonchev–Trinajstić information content (AvgIpc) is 3.23. The van der Waals surface area contributed by atoms with Crippen molar-refractivity contribution in [2.45, 2.75) is 30.7 Å². The average molecular weight is 401 g/mol. The Hall–Kier alpha value is -2.54. The minimum atomic E-state index is -3.27. The quantitative estimate of drug-likeness (QED) is 0.787. The van der Waals surface area contributed by atoms with Crippen LogP contribution in [0.15, 0.2) is 47.4 Å². The lowest BCUT2D eigenvalue weighted by Crippen LogP contribution is -2.30. The Morgan fingerprint density at radius 2 is 1.79 bits per heavy atom. The standard InChI is InChI=1S/C21H23NO5S/c1-2-28(24,25)17-8-5-15(6-9-17)21(23)22-11-3-4-18(22)16-7-10-19-20(14-16)27-13-12-26-19/h5-10,14,18H,2-4,11-13H2,1H3. The lowest BCUT2D eigenvalue weighted by atomic mass is 10.0. The molecule has 0 bridgehead atoms.